The van der Waals surface area contributed by atoms with Gasteiger partial charge in [-0.05, 0) is 37.8 Å². The molecule has 5 rings (SSSR count). The largest absolute Gasteiger partial charge is 0.351 e. The molecule has 1 saturated heterocycles. The van der Waals surface area contributed by atoms with Crippen LogP contribution in [0.15, 0.2) is 41.3 Å². The maximum Gasteiger partial charge on any atom is 0.322 e. The van der Waals surface area contributed by atoms with Crippen LogP contribution in [0.3, 0.4) is 0 Å². The molecule has 3 N–H and O–H groups in total. The van der Waals surface area contributed by atoms with Crippen LogP contribution in [0.1, 0.15) is 25.7 Å². The van der Waals surface area contributed by atoms with Crippen molar-refractivity contribution in [1.29, 1.82) is 0 Å². The number of anilines is 1. The van der Waals surface area contributed by atoms with E-state index in [-0.39, 0.29) is 29.9 Å². The first-order valence-corrected chi connectivity index (χ1v) is 10.8. The molecule has 0 bridgehead atoms. The van der Waals surface area contributed by atoms with Crippen molar-refractivity contribution in [3.63, 3.8) is 0 Å². The van der Waals surface area contributed by atoms with Crippen molar-refractivity contribution in [3.8, 4) is 11.1 Å². The molecule has 1 saturated carbocycles. The molecule has 0 unspecified atom stereocenters. The molecule has 11 heteroatoms. The van der Waals surface area contributed by atoms with Crippen LogP contribution in [0.2, 0.25) is 5.02 Å². The molecule has 1 spiro atoms. The van der Waals surface area contributed by atoms with Gasteiger partial charge in [-0.15, -0.1) is 12.4 Å². The summed E-state index contributed by atoms with van der Waals surface area (Å²) < 4.78 is 1.50. The van der Waals surface area contributed by atoms with Gasteiger partial charge in [0.25, 0.3) is 11.5 Å². The summed E-state index contributed by atoms with van der Waals surface area (Å²) in [4.78, 5) is 45.6. The number of fused-ring (bicyclic) bond motifs is 1. The summed E-state index contributed by atoms with van der Waals surface area (Å²) in [5, 5.41) is 9.61. The van der Waals surface area contributed by atoms with E-state index >= 15 is 0 Å². The zero-order chi connectivity index (χ0) is 22.5. The number of carbonyl (C=O) groups excluding carboxylic acids is 2. The van der Waals surface area contributed by atoms with Gasteiger partial charge in [-0.2, -0.15) is 4.98 Å². The summed E-state index contributed by atoms with van der Waals surface area (Å²) in [5.74, 6) is 0.158. The van der Waals surface area contributed by atoms with Crippen molar-refractivity contribution in [2.75, 3.05) is 5.32 Å². The predicted octanol–water partition coefficient (Wildman–Crippen LogP) is 3.00. The number of nitrogens with one attached hydrogen (secondary N) is 3. The summed E-state index contributed by atoms with van der Waals surface area (Å²) in [5.41, 5.74) is 0.664. The number of hydrogen-bond acceptors (Lipinski definition) is 6. The second-order valence-corrected chi connectivity index (χ2v) is 8.69. The molecule has 33 heavy (non-hydrogen) atoms. The van der Waals surface area contributed by atoms with Gasteiger partial charge in [-0.25, -0.2) is 9.78 Å². The van der Waals surface area contributed by atoms with E-state index in [1.807, 2.05) is 18.2 Å². The third kappa shape index (κ3) is 4.02. The minimum atomic E-state index is -0.807. The van der Waals surface area contributed by atoms with E-state index in [4.69, 9.17) is 11.6 Å². The number of benzene rings is 1. The number of carbonyl (C=O) groups is 2. The second kappa shape index (κ2) is 8.64. The molecular formula is C22H22Cl2N6O3. The zero-order valence-corrected chi connectivity index (χ0v) is 19.3. The highest BCUT2D eigenvalue weighted by molar-refractivity contribution is 6.33. The van der Waals surface area contributed by atoms with Crippen LogP contribution in [-0.2, 0) is 11.8 Å². The molecule has 1 aliphatic carbocycles. The normalized spacial score (nSPS) is 22.1. The van der Waals surface area contributed by atoms with Gasteiger partial charge >= 0.3 is 6.03 Å². The van der Waals surface area contributed by atoms with E-state index in [2.05, 4.69) is 25.9 Å². The first-order valence-electron chi connectivity index (χ1n) is 10.4. The molecular weight excluding hydrogens is 467 g/mol. The number of hydrogen-bond donors (Lipinski definition) is 3. The van der Waals surface area contributed by atoms with E-state index in [1.165, 1.54) is 4.57 Å². The number of imide groups is 1. The van der Waals surface area contributed by atoms with Gasteiger partial charge < -0.3 is 10.6 Å². The van der Waals surface area contributed by atoms with Crippen molar-refractivity contribution >= 4 is 52.9 Å². The van der Waals surface area contributed by atoms with Crippen LogP contribution in [0, 0.1) is 0 Å². The standard InChI is InChI=1S/C22H21ClN6O3.ClH/c1-29-17-12(10-15(18(29)30)14-4-2-3-5-16(14)23)11-24-20(26-17)25-13-6-8-22(9-7-13)19(31)27-21(32)28-22;/h2-5,10-11,13H,6-9H2,1H3,(H,24,25,26)(H2,27,28,31,32);1H. The van der Waals surface area contributed by atoms with Crippen molar-refractivity contribution in [3.05, 3.63) is 51.9 Å². The molecule has 2 aliphatic rings. The lowest BCUT2D eigenvalue weighted by atomic mass is 9.79. The summed E-state index contributed by atoms with van der Waals surface area (Å²) in [6.07, 6.45) is 4.11. The van der Waals surface area contributed by atoms with Crippen molar-refractivity contribution < 1.29 is 9.59 Å². The second-order valence-electron chi connectivity index (χ2n) is 8.28. The lowest BCUT2D eigenvalue weighted by molar-refractivity contribution is -0.125. The minimum Gasteiger partial charge on any atom is -0.351 e. The summed E-state index contributed by atoms with van der Waals surface area (Å²) in [7, 11) is 1.67. The number of pyridine rings is 1. The quantitative estimate of drug-likeness (QED) is 0.487. The lowest BCUT2D eigenvalue weighted by Gasteiger charge is -2.34. The molecule has 172 valence electrons. The summed E-state index contributed by atoms with van der Waals surface area (Å²) >= 11 is 6.29. The smallest absolute Gasteiger partial charge is 0.322 e. The number of aryl methyl sites for hydroxylation is 1. The number of halogens is 2. The molecule has 0 radical (unpaired) electrons. The Labute approximate surface area is 200 Å². The highest BCUT2D eigenvalue weighted by atomic mass is 35.5. The molecule has 1 aromatic carbocycles. The Morgan fingerprint density at radius 2 is 1.88 bits per heavy atom. The fourth-order valence-electron chi connectivity index (χ4n) is 4.51. The van der Waals surface area contributed by atoms with Gasteiger partial charge in [-0.1, -0.05) is 29.8 Å². The fraction of sp³-hybridized carbons (Fsp3) is 0.318. The summed E-state index contributed by atoms with van der Waals surface area (Å²) in [6, 6.07) is 8.60. The maximum atomic E-state index is 13.0. The fourth-order valence-corrected chi connectivity index (χ4v) is 4.74. The first kappa shape index (κ1) is 23.0. The van der Waals surface area contributed by atoms with Crippen molar-refractivity contribution in [2.24, 2.45) is 7.05 Å². The van der Waals surface area contributed by atoms with Gasteiger partial charge in [0, 0.05) is 40.8 Å². The van der Waals surface area contributed by atoms with Gasteiger partial charge in [0.05, 0.1) is 0 Å². The van der Waals surface area contributed by atoms with E-state index in [1.54, 1.807) is 25.4 Å². The van der Waals surface area contributed by atoms with E-state index in [0.717, 1.165) is 5.39 Å². The van der Waals surface area contributed by atoms with Gasteiger partial charge in [0.2, 0.25) is 5.95 Å². The van der Waals surface area contributed by atoms with Crippen molar-refractivity contribution in [2.45, 2.75) is 37.3 Å². The Hall–Kier alpha value is -3.17. The van der Waals surface area contributed by atoms with E-state index in [0.29, 0.717) is 53.4 Å². The highest BCUT2D eigenvalue weighted by Crippen LogP contribution is 2.32. The third-order valence-electron chi connectivity index (χ3n) is 6.30. The molecule has 3 amide bonds. The Morgan fingerprint density at radius 3 is 2.55 bits per heavy atom. The van der Waals surface area contributed by atoms with E-state index < -0.39 is 11.6 Å². The Bertz CT molecular complexity index is 1320. The number of rotatable bonds is 3. The van der Waals surface area contributed by atoms with Gasteiger partial charge in [0.1, 0.15) is 11.2 Å². The zero-order valence-electron chi connectivity index (χ0n) is 17.7. The predicted molar refractivity (Wildman–Crippen MR) is 128 cm³/mol. The maximum absolute atomic E-state index is 13.0. The summed E-state index contributed by atoms with van der Waals surface area (Å²) in [6.45, 7) is 0. The molecule has 2 fully saturated rings. The van der Waals surface area contributed by atoms with Crippen molar-refractivity contribution in [1.82, 2.24) is 25.2 Å². The lowest BCUT2D eigenvalue weighted by Crippen LogP contribution is -2.51. The topological polar surface area (TPSA) is 118 Å². The van der Waals surface area contributed by atoms with Crippen LogP contribution in [0.4, 0.5) is 10.7 Å². The van der Waals surface area contributed by atoms with Crippen LogP contribution in [0.5, 0.6) is 0 Å². The van der Waals surface area contributed by atoms with Crippen LogP contribution < -0.4 is 21.5 Å². The van der Waals surface area contributed by atoms with Gasteiger partial charge in [0.15, 0.2) is 0 Å². The SMILES string of the molecule is Cl.Cn1c(=O)c(-c2ccccc2Cl)cc2cnc(NC3CCC4(CC3)NC(=O)NC4=O)nc21. The molecule has 1 aliphatic heterocycles. The average Bonchev–Trinajstić information content (AvgIpc) is 3.06. The highest BCUT2D eigenvalue weighted by Gasteiger charge is 2.48. The number of aromatic nitrogens is 3. The van der Waals surface area contributed by atoms with Crippen LogP contribution in [-0.4, -0.2) is 38.1 Å². The minimum absolute atomic E-state index is 0. The molecule has 3 aromatic rings. The third-order valence-corrected chi connectivity index (χ3v) is 6.63. The first-order chi connectivity index (χ1) is 15.4. The van der Waals surface area contributed by atoms with Crippen LogP contribution in [0.25, 0.3) is 22.2 Å². The molecule has 2 aromatic heterocycles. The number of urea groups is 1. The van der Waals surface area contributed by atoms with Crippen LogP contribution >= 0.6 is 24.0 Å². The number of amides is 3. The van der Waals surface area contributed by atoms with Gasteiger partial charge in [-0.3, -0.25) is 19.5 Å². The monoisotopic (exact) mass is 488 g/mol. The molecule has 9 nitrogen and oxygen atoms in total. The average molecular weight is 489 g/mol. The Morgan fingerprint density at radius 1 is 1.15 bits per heavy atom. The van der Waals surface area contributed by atoms with E-state index in [9.17, 15) is 14.4 Å². The Balaban J connectivity index is 0.00000259. The molecule has 3 heterocycles. The number of nitrogens with zero attached hydrogens (tertiary/aromatic N) is 3. The Kier molecular flexibility index (Phi) is 6.02. The molecule has 0 atom stereocenters.